The Bertz CT molecular complexity index is 1290. The summed E-state index contributed by atoms with van der Waals surface area (Å²) in [6.45, 7) is 8.85. The van der Waals surface area contributed by atoms with E-state index >= 15 is 0 Å². The van der Waals surface area contributed by atoms with Crippen LogP contribution >= 0.6 is 0 Å². The smallest absolute Gasteiger partial charge is 0.232 e. The summed E-state index contributed by atoms with van der Waals surface area (Å²) in [5, 5.41) is 12.7. The predicted molar refractivity (Wildman–Crippen MR) is 158 cm³/mol. The molecular weight excluding hydrogens is 512 g/mol. The maximum absolute atomic E-state index is 12.7. The average Bonchev–Trinajstić information content (AvgIpc) is 2.95. The number of para-hydroxylation sites is 1. The third-order valence-corrected chi connectivity index (χ3v) is 8.65. The molecule has 0 amide bonds. The van der Waals surface area contributed by atoms with Gasteiger partial charge in [-0.05, 0) is 61.0 Å². The summed E-state index contributed by atoms with van der Waals surface area (Å²) in [5.74, 6) is 0.997. The highest BCUT2D eigenvalue weighted by atomic mass is 32.2. The number of hydrogen-bond acceptors (Lipinski definition) is 6. The van der Waals surface area contributed by atoms with Gasteiger partial charge in [-0.1, -0.05) is 63.2 Å². The van der Waals surface area contributed by atoms with Gasteiger partial charge in [0.15, 0.2) is 0 Å². The second-order valence-corrected chi connectivity index (χ2v) is 11.5. The number of nitrogens with zero attached hydrogens (tertiary/aromatic N) is 2. The number of benzene rings is 3. The Morgan fingerprint density at radius 1 is 0.846 bits per heavy atom. The molecule has 39 heavy (non-hydrogen) atoms. The topological polar surface area (TPSA) is 79.3 Å². The van der Waals surface area contributed by atoms with E-state index in [9.17, 15) is 13.5 Å². The van der Waals surface area contributed by atoms with Crippen LogP contribution in [0.4, 0.5) is 5.69 Å². The minimum absolute atomic E-state index is 0.320. The van der Waals surface area contributed by atoms with Gasteiger partial charge in [0.25, 0.3) is 0 Å². The second-order valence-electron chi connectivity index (χ2n) is 9.61. The summed E-state index contributed by atoms with van der Waals surface area (Å²) < 4.78 is 37.9. The summed E-state index contributed by atoms with van der Waals surface area (Å²) >= 11 is 0. The number of likely N-dealkylation sites (N-methyl/N-ethyl adjacent to an activating group) is 1. The summed E-state index contributed by atoms with van der Waals surface area (Å²) in [6.07, 6.45) is 1.87. The second kappa shape index (κ2) is 13.3. The van der Waals surface area contributed by atoms with E-state index in [1.165, 1.54) is 10.6 Å². The van der Waals surface area contributed by atoms with Gasteiger partial charge in [0, 0.05) is 24.6 Å². The highest BCUT2D eigenvalue weighted by Gasteiger charge is 2.42. The zero-order valence-corrected chi connectivity index (χ0v) is 24.7. The molecule has 0 saturated carbocycles. The van der Waals surface area contributed by atoms with Crippen molar-refractivity contribution in [3.05, 3.63) is 89.5 Å². The Hall–Kier alpha value is -3.07. The lowest BCUT2D eigenvalue weighted by Crippen LogP contribution is -2.38. The first-order valence-electron chi connectivity index (χ1n) is 13.4. The van der Waals surface area contributed by atoms with Crippen molar-refractivity contribution >= 4 is 15.7 Å². The minimum Gasteiger partial charge on any atom is -0.497 e. The van der Waals surface area contributed by atoms with Crippen LogP contribution in [-0.2, 0) is 15.6 Å². The largest absolute Gasteiger partial charge is 0.497 e. The minimum atomic E-state index is -3.50. The van der Waals surface area contributed by atoms with Crippen LogP contribution in [0.3, 0.4) is 0 Å². The summed E-state index contributed by atoms with van der Waals surface area (Å²) in [6, 6.07) is 22.4. The van der Waals surface area contributed by atoms with Crippen LogP contribution in [0.25, 0.3) is 0 Å². The fraction of sp³-hybridized carbons (Fsp3) is 0.419. The van der Waals surface area contributed by atoms with Crippen LogP contribution in [0, 0.1) is 0 Å². The molecule has 212 valence electrons. The van der Waals surface area contributed by atoms with Gasteiger partial charge in [-0.3, -0.25) is 4.31 Å². The van der Waals surface area contributed by atoms with Gasteiger partial charge in [-0.2, -0.15) is 0 Å². The standard InChI is InChI=1S/C31H42N2O5S/c1-7-28(24-14-20-27(37-4)21-15-24)31(34,29-12-10-11-13-30(29)38-5)25-16-18-26(19-17-25)33(39(6,35)36)23-22-32(8-2)9-3/h10-21,28,34H,7-9,22-23H2,1-6H3. The van der Waals surface area contributed by atoms with E-state index in [4.69, 9.17) is 9.47 Å². The molecule has 2 atom stereocenters. The summed E-state index contributed by atoms with van der Waals surface area (Å²) in [7, 11) is -0.280. The molecule has 0 aliphatic heterocycles. The molecular formula is C31H42N2O5S. The van der Waals surface area contributed by atoms with Crippen LogP contribution in [0.2, 0.25) is 0 Å². The Balaban J connectivity index is 2.13. The number of anilines is 1. The number of methoxy groups -OCH3 is 2. The van der Waals surface area contributed by atoms with Crippen LogP contribution in [-0.4, -0.2) is 65.1 Å². The fourth-order valence-corrected chi connectivity index (χ4v) is 6.17. The molecule has 3 aromatic carbocycles. The molecule has 0 heterocycles. The highest BCUT2D eigenvalue weighted by Crippen LogP contribution is 2.47. The Labute approximate surface area is 234 Å². The first-order chi connectivity index (χ1) is 18.6. The molecule has 0 aromatic heterocycles. The van der Waals surface area contributed by atoms with E-state index in [1.54, 1.807) is 26.4 Å². The number of rotatable bonds is 14. The van der Waals surface area contributed by atoms with Crippen LogP contribution in [0.5, 0.6) is 11.5 Å². The maximum Gasteiger partial charge on any atom is 0.232 e. The van der Waals surface area contributed by atoms with Crippen LogP contribution in [0.1, 0.15) is 49.8 Å². The van der Waals surface area contributed by atoms with Gasteiger partial charge in [-0.15, -0.1) is 0 Å². The SMILES string of the molecule is CCC(c1ccc(OC)cc1)C(O)(c1ccc(N(CCN(CC)CC)S(C)(=O)=O)cc1)c1ccccc1OC. The van der Waals surface area contributed by atoms with Crippen molar-refractivity contribution in [3.63, 3.8) is 0 Å². The van der Waals surface area contributed by atoms with Crippen molar-refractivity contribution < 1.29 is 23.0 Å². The number of sulfonamides is 1. The van der Waals surface area contributed by atoms with Gasteiger partial charge in [0.05, 0.1) is 26.2 Å². The zero-order chi connectivity index (χ0) is 28.6. The molecule has 7 nitrogen and oxygen atoms in total. The molecule has 0 bridgehead atoms. The van der Waals surface area contributed by atoms with Crippen molar-refractivity contribution in [2.24, 2.45) is 0 Å². The first kappa shape index (κ1) is 30.5. The fourth-order valence-electron chi connectivity index (χ4n) is 5.25. The van der Waals surface area contributed by atoms with Crippen molar-refractivity contribution in [1.29, 1.82) is 0 Å². The van der Waals surface area contributed by atoms with Gasteiger partial charge in [0.1, 0.15) is 17.1 Å². The lowest BCUT2D eigenvalue weighted by atomic mass is 9.71. The van der Waals surface area contributed by atoms with Gasteiger partial charge < -0.3 is 19.5 Å². The van der Waals surface area contributed by atoms with Gasteiger partial charge in [-0.25, -0.2) is 8.42 Å². The maximum atomic E-state index is 12.7. The number of aliphatic hydroxyl groups is 1. The van der Waals surface area contributed by atoms with E-state index in [-0.39, 0.29) is 5.92 Å². The lowest BCUT2D eigenvalue weighted by molar-refractivity contribution is 0.0452. The Morgan fingerprint density at radius 2 is 1.46 bits per heavy atom. The van der Waals surface area contributed by atoms with E-state index < -0.39 is 15.6 Å². The summed E-state index contributed by atoms with van der Waals surface area (Å²) in [4.78, 5) is 2.19. The molecule has 0 radical (unpaired) electrons. The molecule has 3 rings (SSSR count). The number of ether oxygens (including phenoxy) is 2. The molecule has 1 N–H and O–H groups in total. The Kier molecular flexibility index (Phi) is 10.4. The summed E-state index contributed by atoms with van der Waals surface area (Å²) in [5.41, 5.74) is 1.35. The molecule has 8 heteroatoms. The monoisotopic (exact) mass is 554 g/mol. The van der Waals surface area contributed by atoms with E-state index in [2.05, 4.69) is 18.7 Å². The average molecular weight is 555 g/mol. The van der Waals surface area contributed by atoms with E-state index in [0.717, 1.165) is 24.4 Å². The highest BCUT2D eigenvalue weighted by molar-refractivity contribution is 7.92. The first-order valence-corrected chi connectivity index (χ1v) is 15.3. The molecule has 0 saturated heterocycles. The quantitative estimate of drug-likeness (QED) is 0.294. The number of hydrogen-bond donors (Lipinski definition) is 1. The third kappa shape index (κ3) is 6.75. The normalized spacial score (nSPS) is 14.1. The van der Waals surface area contributed by atoms with E-state index in [0.29, 0.717) is 42.1 Å². The van der Waals surface area contributed by atoms with Crippen molar-refractivity contribution in [1.82, 2.24) is 4.90 Å². The van der Waals surface area contributed by atoms with Crippen molar-refractivity contribution in [2.45, 2.75) is 38.7 Å². The predicted octanol–water partition coefficient (Wildman–Crippen LogP) is 5.24. The van der Waals surface area contributed by atoms with E-state index in [1.807, 2.05) is 67.6 Å². The molecule has 2 unspecified atom stereocenters. The molecule has 0 aliphatic rings. The van der Waals surface area contributed by atoms with Crippen LogP contribution in [0.15, 0.2) is 72.8 Å². The zero-order valence-electron chi connectivity index (χ0n) is 23.9. The third-order valence-electron chi connectivity index (χ3n) is 7.46. The van der Waals surface area contributed by atoms with Crippen LogP contribution < -0.4 is 13.8 Å². The Morgan fingerprint density at radius 3 is 1.97 bits per heavy atom. The van der Waals surface area contributed by atoms with Crippen molar-refractivity contribution in [3.8, 4) is 11.5 Å². The lowest BCUT2D eigenvalue weighted by Gasteiger charge is -2.38. The van der Waals surface area contributed by atoms with Gasteiger partial charge >= 0.3 is 0 Å². The molecule has 3 aromatic rings. The van der Waals surface area contributed by atoms with Crippen molar-refractivity contribution in [2.75, 3.05) is 51.0 Å². The van der Waals surface area contributed by atoms with Gasteiger partial charge in [0.2, 0.25) is 10.0 Å². The molecule has 0 aliphatic carbocycles. The molecule has 0 spiro atoms. The molecule has 0 fully saturated rings.